The van der Waals surface area contributed by atoms with Gasteiger partial charge in [-0.25, -0.2) is 4.39 Å². The SMILES string of the molecule is CN(C(=O)C1C[C@H](C(=O)O)CN1)c1ccc(F)c(Cl)c1. The minimum Gasteiger partial charge on any atom is -0.481 e. The van der Waals surface area contributed by atoms with E-state index in [1.165, 1.54) is 23.1 Å². The van der Waals surface area contributed by atoms with Crippen molar-refractivity contribution < 1.29 is 19.1 Å². The predicted molar refractivity (Wildman–Crippen MR) is 72.4 cm³/mol. The first-order valence-electron chi connectivity index (χ1n) is 6.09. The van der Waals surface area contributed by atoms with Gasteiger partial charge in [0.15, 0.2) is 0 Å². The van der Waals surface area contributed by atoms with Crippen LogP contribution in [0, 0.1) is 11.7 Å². The van der Waals surface area contributed by atoms with Crippen LogP contribution < -0.4 is 10.2 Å². The monoisotopic (exact) mass is 300 g/mol. The van der Waals surface area contributed by atoms with E-state index in [2.05, 4.69) is 5.32 Å². The Labute approximate surface area is 120 Å². The van der Waals surface area contributed by atoms with Crippen LogP contribution in [0.15, 0.2) is 18.2 Å². The maximum atomic E-state index is 13.1. The predicted octanol–water partition coefficient (Wildman–Crippen LogP) is 1.50. The molecule has 5 nitrogen and oxygen atoms in total. The van der Waals surface area contributed by atoms with Crippen LogP contribution in [-0.2, 0) is 9.59 Å². The van der Waals surface area contributed by atoms with E-state index in [0.717, 1.165) is 0 Å². The highest BCUT2D eigenvalue weighted by molar-refractivity contribution is 6.31. The number of benzene rings is 1. The van der Waals surface area contributed by atoms with Gasteiger partial charge in [-0.3, -0.25) is 9.59 Å². The number of aliphatic carboxylic acids is 1. The molecule has 0 aromatic heterocycles. The van der Waals surface area contributed by atoms with Gasteiger partial charge in [-0.05, 0) is 24.6 Å². The minimum absolute atomic E-state index is 0.0649. The van der Waals surface area contributed by atoms with E-state index in [1.54, 1.807) is 7.05 Å². The minimum atomic E-state index is -0.916. The van der Waals surface area contributed by atoms with Crippen molar-refractivity contribution in [2.24, 2.45) is 5.92 Å². The van der Waals surface area contributed by atoms with Gasteiger partial charge in [0.05, 0.1) is 17.0 Å². The van der Waals surface area contributed by atoms with Gasteiger partial charge in [-0.2, -0.15) is 0 Å². The number of nitrogens with zero attached hydrogens (tertiary/aromatic N) is 1. The number of carboxylic acid groups (broad SMARTS) is 1. The topological polar surface area (TPSA) is 69.6 Å². The molecule has 0 bridgehead atoms. The second-order valence-electron chi connectivity index (χ2n) is 4.73. The van der Waals surface area contributed by atoms with Crippen LogP contribution >= 0.6 is 11.6 Å². The summed E-state index contributed by atoms with van der Waals surface area (Å²) in [6.45, 7) is 0.268. The summed E-state index contributed by atoms with van der Waals surface area (Å²) in [6.07, 6.45) is 0.243. The molecule has 0 aliphatic carbocycles. The fourth-order valence-electron chi connectivity index (χ4n) is 2.17. The molecule has 1 aliphatic heterocycles. The molecule has 2 atom stereocenters. The van der Waals surface area contributed by atoms with E-state index in [-0.39, 0.29) is 23.9 Å². The number of amides is 1. The molecule has 0 radical (unpaired) electrons. The largest absolute Gasteiger partial charge is 0.481 e. The lowest BCUT2D eigenvalue weighted by Gasteiger charge is -2.21. The molecule has 1 fully saturated rings. The van der Waals surface area contributed by atoms with Crippen molar-refractivity contribution in [2.45, 2.75) is 12.5 Å². The summed E-state index contributed by atoms with van der Waals surface area (Å²) in [7, 11) is 1.54. The maximum Gasteiger partial charge on any atom is 0.307 e. The zero-order valence-corrected chi connectivity index (χ0v) is 11.5. The molecule has 1 aromatic rings. The average molecular weight is 301 g/mol. The normalized spacial score (nSPS) is 21.8. The molecule has 1 amide bonds. The summed E-state index contributed by atoms with van der Waals surface area (Å²) < 4.78 is 13.1. The summed E-state index contributed by atoms with van der Waals surface area (Å²) in [5, 5.41) is 11.7. The van der Waals surface area contributed by atoms with E-state index in [1.807, 2.05) is 0 Å². The fourth-order valence-corrected chi connectivity index (χ4v) is 2.34. The first kappa shape index (κ1) is 14.7. The highest BCUT2D eigenvalue weighted by atomic mass is 35.5. The number of likely N-dealkylation sites (N-methyl/N-ethyl adjacent to an activating group) is 1. The Morgan fingerprint density at radius 1 is 1.50 bits per heavy atom. The fraction of sp³-hybridized carbons (Fsp3) is 0.385. The third-order valence-electron chi connectivity index (χ3n) is 3.40. The maximum absolute atomic E-state index is 13.1. The molecule has 1 aromatic carbocycles. The number of hydrogen-bond donors (Lipinski definition) is 2. The van der Waals surface area contributed by atoms with Crippen LogP contribution in [0.1, 0.15) is 6.42 Å². The first-order chi connectivity index (χ1) is 9.40. The highest BCUT2D eigenvalue weighted by Crippen LogP contribution is 2.24. The lowest BCUT2D eigenvalue weighted by atomic mass is 10.1. The van der Waals surface area contributed by atoms with Crippen LogP contribution in [0.5, 0.6) is 0 Å². The molecule has 0 saturated carbocycles. The Kier molecular flexibility index (Phi) is 4.25. The van der Waals surface area contributed by atoms with Crippen molar-refractivity contribution in [3.8, 4) is 0 Å². The van der Waals surface area contributed by atoms with Gasteiger partial charge in [0.1, 0.15) is 5.82 Å². The molecule has 1 saturated heterocycles. The van der Waals surface area contributed by atoms with Crippen molar-refractivity contribution in [3.05, 3.63) is 29.0 Å². The number of anilines is 1. The van der Waals surface area contributed by atoms with Crippen molar-refractivity contribution in [3.63, 3.8) is 0 Å². The van der Waals surface area contributed by atoms with Crippen LogP contribution in [-0.4, -0.2) is 36.6 Å². The number of carbonyl (C=O) groups excluding carboxylic acids is 1. The molecular formula is C13H14ClFN2O3. The molecular weight excluding hydrogens is 287 g/mol. The first-order valence-corrected chi connectivity index (χ1v) is 6.46. The van der Waals surface area contributed by atoms with Gasteiger partial charge in [0.2, 0.25) is 5.91 Å². The van der Waals surface area contributed by atoms with Crippen LogP contribution in [0.4, 0.5) is 10.1 Å². The Hall–Kier alpha value is -1.66. The van der Waals surface area contributed by atoms with Gasteiger partial charge in [0, 0.05) is 19.3 Å². The highest BCUT2D eigenvalue weighted by Gasteiger charge is 2.35. The van der Waals surface area contributed by atoms with Gasteiger partial charge in [0.25, 0.3) is 0 Å². The molecule has 1 unspecified atom stereocenters. The summed E-state index contributed by atoms with van der Waals surface area (Å²) in [6, 6.07) is 3.44. The number of carbonyl (C=O) groups is 2. The van der Waals surface area contributed by atoms with Crippen molar-refractivity contribution in [1.82, 2.24) is 5.32 Å². The summed E-state index contributed by atoms with van der Waals surface area (Å²) in [4.78, 5) is 24.5. The second-order valence-corrected chi connectivity index (χ2v) is 5.13. The third kappa shape index (κ3) is 2.91. The van der Waals surface area contributed by atoms with E-state index in [9.17, 15) is 14.0 Å². The molecule has 0 spiro atoms. The molecule has 2 rings (SSSR count). The van der Waals surface area contributed by atoms with Gasteiger partial charge in [-0.15, -0.1) is 0 Å². The Morgan fingerprint density at radius 3 is 2.75 bits per heavy atom. The van der Waals surface area contributed by atoms with Crippen LogP contribution in [0.25, 0.3) is 0 Å². The quantitative estimate of drug-likeness (QED) is 0.888. The number of rotatable bonds is 3. The summed E-state index contributed by atoms with van der Waals surface area (Å²) in [5.41, 5.74) is 0.460. The standard InChI is InChI=1S/C13H14ClFN2O3/c1-17(8-2-3-10(15)9(14)5-8)12(18)11-4-7(6-16-11)13(19)20/h2-3,5,7,11,16H,4,6H2,1H3,(H,19,20)/t7-,11?/m0/s1. The lowest BCUT2D eigenvalue weighted by molar-refractivity contribution is -0.141. The number of hydrogen-bond acceptors (Lipinski definition) is 3. The van der Waals surface area contributed by atoms with Crippen molar-refractivity contribution >= 4 is 29.2 Å². The molecule has 20 heavy (non-hydrogen) atoms. The molecule has 7 heteroatoms. The van der Waals surface area contributed by atoms with Crippen LogP contribution in [0.2, 0.25) is 5.02 Å². The zero-order valence-electron chi connectivity index (χ0n) is 10.8. The van der Waals surface area contributed by atoms with E-state index < -0.39 is 23.7 Å². The van der Waals surface area contributed by atoms with Gasteiger partial charge in [-0.1, -0.05) is 11.6 Å². The van der Waals surface area contributed by atoms with E-state index in [4.69, 9.17) is 16.7 Å². The van der Waals surface area contributed by atoms with E-state index >= 15 is 0 Å². The second kappa shape index (κ2) is 5.76. The van der Waals surface area contributed by atoms with Gasteiger partial charge >= 0.3 is 5.97 Å². The molecule has 2 N–H and O–H groups in total. The van der Waals surface area contributed by atoms with Crippen LogP contribution in [0.3, 0.4) is 0 Å². The zero-order chi connectivity index (χ0) is 14.9. The Bertz CT molecular complexity index is 552. The summed E-state index contributed by atoms with van der Waals surface area (Å²) >= 11 is 5.68. The smallest absolute Gasteiger partial charge is 0.307 e. The number of carboxylic acids is 1. The Balaban J connectivity index is 2.09. The molecule has 1 heterocycles. The number of halogens is 2. The lowest BCUT2D eigenvalue weighted by Crippen LogP contribution is -2.41. The Morgan fingerprint density at radius 2 is 2.20 bits per heavy atom. The number of nitrogens with one attached hydrogen (secondary N) is 1. The van der Waals surface area contributed by atoms with Crippen molar-refractivity contribution in [1.29, 1.82) is 0 Å². The average Bonchev–Trinajstić information content (AvgIpc) is 2.90. The molecule has 1 aliphatic rings. The van der Waals surface area contributed by atoms with Gasteiger partial charge < -0.3 is 15.3 Å². The summed E-state index contributed by atoms with van der Waals surface area (Å²) in [5.74, 6) is -2.30. The third-order valence-corrected chi connectivity index (χ3v) is 3.69. The van der Waals surface area contributed by atoms with Crippen molar-refractivity contribution in [2.75, 3.05) is 18.5 Å². The van der Waals surface area contributed by atoms with E-state index in [0.29, 0.717) is 5.69 Å². The molecule has 108 valence electrons.